The molecule has 1 N–H and O–H groups in total. The Morgan fingerprint density at radius 3 is 2.39 bits per heavy atom. The largest absolute Gasteiger partial charge is 0.457 e. The molecule has 2 saturated heterocycles. The number of anilines is 1. The Kier molecular flexibility index (Phi) is 5.58. The smallest absolute Gasteiger partial charge is 0.229 e. The molecular formula is C22H24N2O4. The highest BCUT2D eigenvalue weighted by Crippen LogP contribution is 2.27. The second-order valence-corrected chi connectivity index (χ2v) is 7.22. The van der Waals surface area contributed by atoms with Crippen molar-refractivity contribution in [1.29, 1.82) is 0 Å². The number of hydrogen-bond acceptors (Lipinski definition) is 4. The van der Waals surface area contributed by atoms with Gasteiger partial charge in [-0.1, -0.05) is 18.2 Å². The maximum atomic E-state index is 12.6. The zero-order valence-electron chi connectivity index (χ0n) is 15.7. The van der Waals surface area contributed by atoms with Gasteiger partial charge in [-0.05, 0) is 49.2 Å². The fraction of sp³-hybridized carbons (Fsp3) is 0.364. The van der Waals surface area contributed by atoms with Crippen LogP contribution in [0.3, 0.4) is 0 Å². The maximum absolute atomic E-state index is 12.6. The molecule has 0 aliphatic carbocycles. The van der Waals surface area contributed by atoms with Gasteiger partial charge in [-0.2, -0.15) is 0 Å². The monoisotopic (exact) mass is 380 g/mol. The zero-order valence-corrected chi connectivity index (χ0v) is 15.7. The van der Waals surface area contributed by atoms with E-state index < -0.39 is 0 Å². The Balaban J connectivity index is 1.33. The standard InChI is InChI=1S/C22H24N2O4/c25-21-14-16(15-24(21)18-10-12-27-13-11-18)22(26)23-17-6-8-20(9-7-17)28-19-4-2-1-3-5-19/h1-9,16,18H,10-15H2,(H,23,26). The molecule has 28 heavy (non-hydrogen) atoms. The summed E-state index contributed by atoms with van der Waals surface area (Å²) in [7, 11) is 0. The van der Waals surface area contributed by atoms with Gasteiger partial charge in [0.1, 0.15) is 11.5 Å². The molecule has 2 amide bonds. The third-order valence-electron chi connectivity index (χ3n) is 5.26. The van der Waals surface area contributed by atoms with Crippen molar-refractivity contribution in [2.75, 3.05) is 25.1 Å². The summed E-state index contributed by atoms with van der Waals surface area (Å²) in [6, 6.07) is 17.0. The molecule has 2 aromatic rings. The van der Waals surface area contributed by atoms with E-state index in [1.165, 1.54) is 0 Å². The molecule has 1 unspecified atom stereocenters. The topological polar surface area (TPSA) is 67.9 Å². The van der Waals surface area contributed by atoms with Gasteiger partial charge in [0, 0.05) is 37.9 Å². The van der Waals surface area contributed by atoms with E-state index in [9.17, 15) is 9.59 Å². The summed E-state index contributed by atoms with van der Waals surface area (Å²) in [5, 5.41) is 2.92. The number of para-hydroxylation sites is 1. The molecule has 2 heterocycles. The lowest BCUT2D eigenvalue weighted by Crippen LogP contribution is -2.41. The van der Waals surface area contributed by atoms with Crippen molar-refractivity contribution in [2.45, 2.75) is 25.3 Å². The molecule has 146 valence electrons. The van der Waals surface area contributed by atoms with E-state index in [-0.39, 0.29) is 30.2 Å². The molecule has 0 radical (unpaired) electrons. The number of carbonyl (C=O) groups is 2. The van der Waals surface area contributed by atoms with Gasteiger partial charge in [0.05, 0.1) is 5.92 Å². The number of likely N-dealkylation sites (tertiary alicyclic amines) is 1. The highest BCUT2D eigenvalue weighted by atomic mass is 16.5. The number of nitrogens with zero attached hydrogens (tertiary/aromatic N) is 1. The first kappa shape index (κ1) is 18.5. The summed E-state index contributed by atoms with van der Waals surface area (Å²) in [5.41, 5.74) is 0.697. The zero-order chi connectivity index (χ0) is 19.3. The van der Waals surface area contributed by atoms with Gasteiger partial charge in [-0.3, -0.25) is 9.59 Å². The summed E-state index contributed by atoms with van der Waals surface area (Å²) in [5.74, 6) is 1.11. The number of nitrogens with one attached hydrogen (secondary N) is 1. The average Bonchev–Trinajstić information content (AvgIpc) is 3.13. The fourth-order valence-electron chi connectivity index (χ4n) is 3.73. The van der Waals surface area contributed by atoms with Crippen LogP contribution in [-0.4, -0.2) is 42.5 Å². The average molecular weight is 380 g/mol. The molecule has 0 bridgehead atoms. The Labute approximate surface area is 164 Å². The quantitative estimate of drug-likeness (QED) is 0.863. The molecule has 0 saturated carbocycles. The number of hydrogen-bond donors (Lipinski definition) is 1. The lowest BCUT2D eigenvalue weighted by atomic mass is 10.1. The highest BCUT2D eigenvalue weighted by Gasteiger charge is 2.38. The number of amides is 2. The Bertz CT molecular complexity index is 816. The lowest BCUT2D eigenvalue weighted by molar-refractivity contribution is -0.131. The molecule has 2 aliphatic rings. The minimum Gasteiger partial charge on any atom is -0.457 e. The second kappa shape index (κ2) is 8.44. The number of carbonyl (C=O) groups excluding carboxylic acids is 2. The van der Waals surface area contributed by atoms with Crippen LogP contribution in [0.1, 0.15) is 19.3 Å². The highest BCUT2D eigenvalue weighted by molar-refractivity contribution is 5.97. The van der Waals surface area contributed by atoms with Gasteiger partial charge in [0.2, 0.25) is 11.8 Å². The van der Waals surface area contributed by atoms with E-state index in [1.807, 2.05) is 59.5 Å². The Morgan fingerprint density at radius 2 is 1.68 bits per heavy atom. The molecule has 2 aromatic carbocycles. The van der Waals surface area contributed by atoms with Crippen LogP contribution >= 0.6 is 0 Å². The van der Waals surface area contributed by atoms with Crippen LogP contribution in [0.25, 0.3) is 0 Å². The summed E-state index contributed by atoms with van der Waals surface area (Å²) in [4.78, 5) is 26.8. The van der Waals surface area contributed by atoms with E-state index in [1.54, 1.807) is 0 Å². The fourth-order valence-corrected chi connectivity index (χ4v) is 3.73. The Hall–Kier alpha value is -2.86. The molecular weight excluding hydrogens is 356 g/mol. The van der Waals surface area contributed by atoms with Crippen molar-refractivity contribution >= 4 is 17.5 Å². The van der Waals surface area contributed by atoms with Crippen LogP contribution in [0.5, 0.6) is 11.5 Å². The van der Waals surface area contributed by atoms with Gasteiger partial charge < -0.3 is 19.7 Å². The normalized spacial score (nSPS) is 20.2. The summed E-state index contributed by atoms with van der Waals surface area (Å²) in [6.07, 6.45) is 1.98. The number of ether oxygens (including phenoxy) is 2. The molecule has 2 fully saturated rings. The molecule has 6 heteroatoms. The number of benzene rings is 2. The lowest BCUT2D eigenvalue weighted by Gasteiger charge is -2.31. The van der Waals surface area contributed by atoms with Crippen molar-refractivity contribution in [1.82, 2.24) is 4.90 Å². The first-order valence-electron chi connectivity index (χ1n) is 9.70. The summed E-state index contributed by atoms with van der Waals surface area (Å²) < 4.78 is 11.1. The third kappa shape index (κ3) is 4.34. The SMILES string of the molecule is O=C(Nc1ccc(Oc2ccccc2)cc1)C1CC(=O)N(C2CCOCC2)C1. The van der Waals surface area contributed by atoms with Gasteiger partial charge >= 0.3 is 0 Å². The second-order valence-electron chi connectivity index (χ2n) is 7.22. The molecule has 0 spiro atoms. The van der Waals surface area contributed by atoms with Crippen molar-refractivity contribution in [3.05, 3.63) is 54.6 Å². The van der Waals surface area contributed by atoms with E-state index in [0.29, 0.717) is 31.2 Å². The van der Waals surface area contributed by atoms with Crippen LogP contribution in [0, 0.1) is 5.92 Å². The maximum Gasteiger partial charge on any atom is 0.229 e. The molecule has 1 atom stereocenters. The van der Waals surface area contributed by atoms with Crippen LogP contribution in [-0.2, 0) is 14.3 Å². The first-order valence-corrected chi connectivity index (χ1v) is 9.70. The van der Waals surface area contributed by atoms with Crippen molar-refractivity contribution < 1.29 is 19.1 Å². The van der Waals surface area contributed by atoms with Gasteiger partial charge in [-0.25, -0.2) is 0 Å². The van der Waals surface area contributed by atoms with Crippen molar-refractivity contribution in [3.8, 4) is 11.5 Å². The minimum absolute atomic E-state index is 0.0682. The van der Waals surface area contributed by atoms with E-state index in [4.69, 9.17) is 9.47 Å². The van der Waals surface area contributed by atoms with Crippen molar-refractivity contribution in [2.24, 2.45) is 5.92 Å². The van der Waals surface area contributed by atoms with Gasteiger partial charge in [0.15, 0.2) is 0 Å². The number of rotatable bonds is 5. The molecule has 6 nitrogen and oxygen atoms in total. The van der Waals surface area contributed by atoms with E-state index in [2.05, 4.69) is 5.32 Å². The first-order chi connectivity index (χ1) is 13.7. The van der Waals surface area contributed by atoms with E-state index in [0.717, 1.165) is 18.6 Å². The van der Waals surface area contributed by atoms with Crippen LogP contribution in [0.2, 0.25) is 0 Å². The van der Waals surface area contributed by atoms with Gasteiger partial charge in [0.25, 0.3) is 0 Å². The van der Waals surface area contributed by atoms with Crippen LogP contribution in [0.15, 0.2) is 54.6 Å². The Morgan fingerprint density at radius 1 is 1.00 bits per heavy atom. The van der Waals surface area contributed by atoms with Crippen LogP contribution < -0.4 is 10.1 Å². The molecule has 4 rings (SSSR count). The molecule has 0 aromatic heterocycles. The molecule has 2 aliphatic heterocycles. The van der Waals surface area contributed by atoms with E-state index >= 15 is 0 Å². The summed E-state index contributed by atoms with van der Waals surface area (Å²) in [6.45, 7) is 1.86. The van der Waals surface area contributed by atoms with Crippen LogP contribution in [0.4, 0.5) is 5.69 Å². The minimum atomic E-state index is -0.310. The predicted molar refractivity (Wildman–Crippen MR) is 105 cm³/mol. The third-order valence-corrected chi connectivity index (χ3v) is 5.26. The van der Waals surface area contributed by atoms with Gasteiger partial charge in [-0.15, -0.1) is 0 Å². The van der Waals surface area contributed by atoms with Crippen molar-refractivity contribution in [3.63, 3.8) is 0 Å². The predicted octanol–water partition coefficient (Wildman–Crippen LogP) is 3.44. The summed E-state index contributed by atoms with van der Waals surface area (Å²) >= 11 is 0.